The molecule has 0 aliphatic heterocycles. The molecular weight excluding hydrogens is 248 g/mol. The molecule has 0 aromatic heterocycles. The van der Waals surface area contributed by atoms with Gasteiger partial charge >= 0.3 is 11.9 Å². The van der Waals surface area contributed by atoms with Crippen LogP contribution in [0.25, 0.3) is 0 Å². The van der Waals surface area contributed by atoms with Crippen molar-refractivity contribution in [1.82, 2.24) is 0 Å². The summed E-state index contributed by atoms with van der Waals surface area (Å²) in [4.78, 5) is 21.4. The van der Waals surface area contributed by atoms with Crippen LogP contribution in [0, 0.1) is 0 Å². The molecule has 0 saturated carbocycles. The summed E-state index contributed by atoms with van der Waals surface area (Å²) < 4.78 is 5.25. The average molecular weight is 266 g/mol. The minimum Gasteiger partial charge on any atom is -0.496 e. The number of benzene rings is 1. The fraction of sp³-hybridized carbons (Fsp3) is 0.429. The number of carboxylic acid groups (broad SMARTS) is 2. The third kappa shape index (κ3) is 4.99. The highest BCUT2D eigenvalue weighted by atomic mass is 16.5. The zero-order valence-electron chi connectivity index (χ0n) is 10.8. The van der Waals surface area contributed by atoms with Crippen molar-refractivity contribution in [3.05, 3.63) is 29.8 Å². The van der Waals surface area contributed by atoms with Crippen molar-refractivity contribution in [2.75, 3.05) is 7.11 Å². The second-order valence-electron chi connectivity index (χ2n) is 4.30. The highest BCUT2D eigenvalue weighted by Gasteiger charge is 2.18. The van der Waals surface area contributed by atoms with Crippen molar-refractivity contribution in [1.29, 1.82) is 0 Å². The first-order valence-corrected chi connectivity index (χ1v) is 6.11. The predicted molar refractivity (Wildman–Crippen MR) is 69.5 cm³/mol. The van der Waals surface area contributed by atoms with Crippen molar-refractivity contribution in [2.45, 2.75) is 31.6 Å². The Bertz CT molecular complexity index is 423. The van der Waals surface area contributed by atoms with Gasteiger partial charge in [-0.15, -0.1) is 0 Å². The molecule has 1 aromatic rings. The van der Waals surface area contributed by atoms with Crippen LogP contribution in [0.1, 0.15) is 37.2 Å². The quantitative estimate of drug-likeness (QED) is 0.755. The molecule has 0 atom stereocenters. The summed E-state index contributed by atoms with van der Waals surface area (Å²) in [6, 6.07) is 7.32. The maximum absolute atomic E-state index is 10.7. The van der Waals surface area contributed by atoms with Gasteiger partial charge in [-0.25, -0.2) is 0 Å². The zero-order valence-corrected chi connectivity index (χ0v) is 10.8. The van der Waals surface area contributed by atoms with Crippen molar-refractivity contribution in [3.8, 4) is 5.75 Å². The molecule has 1 aromatic carbocycles. The fourth-order valence-corrected chi connectivity index (χ4v) is 2.05. The molecular formula is C14H18O5. The molecule has 0 aliphatic carbocycles. The van der Waals surface area contributed by atoms with Crippen LogP contribution in [0.2, 0.25) is 0 Å². The third-order valence-corrected chi connectivity index (χ3v) is 2.99. The van der Waals surface area contributed by atoms with Gasteiger partial charge < -0.3 is 14.9 Å². The van der Waals surface area contributed by atoms with E-state index < -0.39 is 11.9 Å². The number of carbonyl (C=O) groups is 2. The third-order valence-electron chi connectivity index (χ3n) is 2.99. The van der Waals surface area contributed by atoms with E-state index in [1.54, 1.807) is 13.2 Å². The molecule has 0 spiro atoms. The van der Waals surface area contributed by atoms with Gasteiger partial charge in [0.1, 0.15) is 5.75 Å². The van der Waals surface area contributed by atoms with E-state index >= 15 is 0 Å². The molecule has 0 bridgehead atoms. The maximum Gasteiger partial charge on any atom is 0.303 e. The molecule has 0 saturated heterocycles. The van der Waals surface area contributed by atoms with E-state index in [1.165, 1.54) is 0 Å². The predicted octanol–water partition coefficient (Wildman–Crippen LogP) is 2.51. The largest absolute Gasteiger partial charge is 0.496 e. The highest BCUT2D eigenvalue weighted by Crippen LogP contribution is 2.33. The Labute approximate surface area is 111 Å². The highest BCUT2D eigenvalue weighted by molar-refractivity contribution is 5.67. The Morgan fingerprint density at radius 3 is 2.11 bits per heavy atom. The molecule has 0 fully saturated rings. The lowest BCUT2D eigenvalue weighted by atomic mass is 9.89. The monoisotopic (exact) mass is 266 g/mol. The van der Waals surface area contributed by atoms with Crippen molar-refractivity contribution in [2.24, 2.45) is 0 Å². The average Bonchev–Trinajstić information content (AvgIpc) is 2.38. The van der Waals surface area contributed by atoms with Gasteiger partial charge in [0.05, 0.1) is 7.11 Å². The molecule has 19 heavy (non-hydrogen) atoms. The molecule has 2 N–H and O–H groups in total. The second kappa shape index (κ2) is 7.41. The summed E-state index contributed by atoms with van der Waals surface area (Å²) in [6.45, 7) is 0. The molecule has 0 unspecified atom stereocenters. The molecule has 1 rings (SSSR count). The number of hydrogen-bond donors (Lipinski definition) is 2. The molecule has 0 heterocycles. The minimum absolute atomic E-state index is 0.0162. The maximum atomic E-state index is 10.7. The molecule has 0 amide bonds. The first-order chi connectivity index (χ1) is 9.04. The SMILES string of the molecule is COc1ccccc1C(CCC(=O)O)CCC(=O)O. The number of carboxylic acids is 2. The Morgan fingerprint density at radius 2 is 1.63 bits per heavy atom. The lowest BCUT2D eigenvalue weighted by Gasteiger charge is -2.18. The van der Waals surface area contributed by atoms with Crippen LogP contribution >= 0.6 is 0 Å². The van der Waals surface area contributed by atoms with Gasteiger partial charge in [-0.3, -0.25) is 9.59 Å². The summed E-state index contributed by atoms with van der Waals surface area (Å²) in [5.74, 6) is -1.21. The van der Waals surface area contributed by atoms with Gasteiger partial charge in [-0.05, 0) is 30.4 Å². The Balaban J connectivity index is 2.86. The van der Waals surface area contributed by atoms with Crippen molar-refractivity contribution < 1.29 is 24.5 Å². The number of methoxy groups -OCH3 is 1. The van der Waals surface area contributed by atoms with E-state index in [0.29, 0.717) is 18.6 Å². The van der Waals surface area contributed by atoms with Gasteiger partial charge in [0.15, 0.2) is 0 Å². The number of para-hydroxylation sites is 1. The van der Waals surface area contributed by atoms with Gasteiger partial charge in [0, 0.05) is 12.8 Å². The van der Waals surface area contributed by atoms with Gasteiger partial charge in [-0.2, -0.15) is 0 Å². The first kappa shape index (κ1) is 15.0. The summed E-state index contributed by atoms with van der Waals surface area (Å²) >= 11 is 0. The molecule has 5 heteroatoms. The van der Waals surface area contributed by atoms with E-state index in [1.807, 2.05) is 18.2 Å². The number of aliphatic carboxylic acids is 2. The summed E-state index contributed by atoms with van der Waals surface area (Å²) in [7, 11) is 1.55. The Morgan fingerprint density at radius 1 is 1.11 bits per heavy atom. The molecule has 104 valence electrons. The lowest BCUT2D eigenvalue weighted by molar-refractivity contribution is -0.137. The molecule has 0 aliphatic rings. The first-order valence-electron chi connectivity index (χ1n) is 6.11. The smallest absolute Gasteiger partial charge is 0.303 e. The van der Waals surface area contributed by atoms with Gasteiger partial charge in [0.2, 0.25) is 0 Å². The second-order valence-corrected chi connectivity index (χ2v) is 4.30. The van der Waals surface area contributed by atoms with E-state index in [4.69, 9.17) is 14.9 Å². The van der Waals surface area contributed by atoms with Crippen LogP contribution in [0.15, 0.2) is 24.3 Å². The number of rotatable bonds is 8. The van der Waals surface area contributed by atoms with Crippen molar-refractivity contribution >= 4 is 11.9 Å². The lowest BCUT2D eigenvalue weighted by Crippen LogP contribution is -2.07. The van der Waals surface area contributed by atoms with Crippen molar-refractivity contribution in [3.63, 3.8) is 0 Å². The van der Waals surface area contributed by atoms with E-state index in [2.05, 4.69) is 0 Å². The zero-order chi connectivity index (χ0) is 14.3. The van der Waals surface area contributed by atoms with E-state index in [0.717, 1.165) is 5.56 Å². The topological polar surface area (TPSA) is 83.8 Å². The van der Waals surface area contributed by atoms with Crippen LogP contribution in [-0.2, 0) is 9.59 Å². The molecule has 0 radical (unpaired) electrons. The van der Waals surface area contributed by atoms with Crippen LogP contribution < -0.4 is 4.74 Å². The fourth-order valence-electron chi connectivity index (χ4n) is 2.05. The van der Waals surface area contributed by atoms with Crippen LogP contribution in [0.5, 0.6) is 5.75 Å². The standard InChI is InChI=1S/C14H18O5/c1-19-12-5-3-2-4-11(12)10(6-8-13(15)16)7-9-14(17)18/h2-5,10H,6-9H2,1H3,(H,15,16)(H,17,18). The summed E-state index contributed by atoms with van der Waals surface area (Å²) in [5, 5.41) is 17.5. The summed E-state index contributed by atoms with van der Waals surface area (Å²) in [6.07, 6.45) is 0.844. The van der Waals surface area contributed by atoms with Crippen LogP contribution in [0.3, 0.4) is 0 Å². The Hall–Kier alpha value is -2.04. The van der Waals surface area contributed by atoms with Crippen LogP contribution in [0.4, 0.5) is 0 Å². The van der Waals surface area contributed by atoms with Crippen LogP contribution in [-0.4, -0.2) is 29.3 Å². The minimum atomic E-state index is -0.879. The number of hydrogen-bond acceptors (Lipinski definition) is 3. The normalized spacial score (nSPS) is 10.4. The van der Waals surface area contributed by atoms with E-state index in [-0.39, 0.29) is 18.8 Å². The van der Waals surface area contributed by atoms with Gasteiger partial charge in [0.25, 0.3) is 0 Å². The number of ether oxygens (including phenoxy) is 1. The van der Waals surface area contributed by atoms with E-state index in [9.17, 15) is 9.59 Å². The Kier molecular flexibility index (Phi) is 5.85. The van der Waals surface area contributed by atoms with Gasteiger partial charge in [-0.1, -0.05) is 18.2 Å². The molecule has 5 nitrogen and oxygen atoms in total. The summed E-state index contributed by atoms with van der Waals surface area (Å²) in [5.41, 5.74) is 0.868.